The van der Waals surface area contributed by atoms with Crippen LogP contribution in [0.1, 0.15) is 5.56 Å². The molecule has 0 aliphatic rings. The summed E-state index contributed by atoms with van der Waals surface area (Å²) in [4.78, 5) is 34.5. The average molecular weight is 278 g/mol. The molecule has 1 aromatic rings. The first-order chi connectivity index (χ1) is 8.70. The highest BCUT2D eigenvalue weighted by atomic mass is 19.4. The van der Waals surface area contributed by atoms with Gasteiger partial charge in [0.05, 0.1) is 0 Å². The number of hydrogen-bond acceptors (Lipinski definition) is 3. The van der Waals surface area contributed by atoms with Gasteiger partial charge in [0.15, 0.2) is 0 Å². The first kappa shape index (κ1) is 14.7. The van der Waals surface area contributed by atoms with Gasteiger partial charge in [0.2, 0.25) is 5.56 Å². The SMILES string of the molecule is O=C(O)C(Cc1ccc(=O)[nH]c1)NC(=O)C(F)(F)F. The number of pyridine rings is 1. The fraction of sp³-hybridized carbons (Fsp3) is 0.300. The van der Waals surface area contributed by atoms with Crippen molar-refractivity contribution in [3.8, 4) is 0 Å². The quantitative estimate of drug-likeness (QED) is 0.724. The van der Waals surface area contributed by atoms with Crippen LogP contribution in [0.2, 0.25) is 0 Å². The zero-order valence-electron chi connectivity index (χ0n) is 9.32. The minimum absolute atomic E-state index is 0.273. The summed E-state index contributed by atoms with van der Waals surface area (Å²) < 4.78 is 36.0. The Bertz CT molecular complexity index is 518. The number of halogens is 3. The Morgan fingerprint density at radius 2 is 2.00 bits per heavy atom. The average Bonchev–Trinajstić information content (AvgIpc) is 2.29. The van der Waals surface area contributed by atoms with E-state index in [-0.39, 0.29) is 12.0 Å². The van der Waals surface area contributed by atoms with Gasteiger partial charge in [0, 0.05) is 18.7 Å². The van der Waals surface area contributed by atoms with Gasteiger partial charge in [0.25, 0.3) is 0 Å². The van der Waals surface area contributed by atoms with E-state index in [4.69, 9.17) is 5.11 Å². The van der Waals surface area contributed by atoms with Crippen molar-refractivity contribution < 1.29 is 27.9 Å². The lowest BCUT2D eigenvalue weighted by atomic mass is 10.1. The van der Waals surface area contributed by atoms with Crippen molar-refractivity contribution in [2.45, 2.75) is 18.6 Å². The first-order valence-electron chi connectivity index (χ1n) is 4.98. The van der Waals surface area contributed by atoms with Crippen LogP contribution in [0.25, 0.3) is 0 Å². The number of aliphatic carboxylic acids is 1. The Morgan fingerprint density at radius 3 is 2.42 bits per heavy atom. The third-order valence-corrected chi connectivity index (χ3v) is 2.15. The molecule has 0 fully saturated rings. The van der Waals surface area contributed by atoms with Crippen LogP contribution in [-0.4, -0.2) is 34.2 Å². The minimum atomic E-state index is -5.15. The zero-order valence-corrected chi connectivity index (χ0v) is 9.32. The number of carboxylic acid groups (broad SMARTS) is 1. The second kappa shape index (κ2) is 5.55. The van der Waals surface area contributed by atoms with Gasteiger partial charge >= 0.3 is 18.1 Å². The second-order valence-corrected chi connectivity index (χ2v) is 3.63. The number of aromatic amines is 1. The van der Waals surface area contributed by atoms with Crippen LogP contribution in [-0.2, 0) is 16.0 Å². The van der Waals surface area contributed by atoms with Crippen LogP contribution in [0, 0.1) is 0 Å². The second-order valence-electron chi connectivity index (χ2n) is 3.63. The van der Waals surface area contributed by atoms with Gasteiger partial charge in [-0.15, -0.1) is 0 Å². The fourth-order valence-corrected chi connectivity index (χ4v) is 1.25. The summed E-state index contributed by atoms with van der Waals surface area (Å²) in [5.74, 6) is -3.94. The number of amides is 1. The van der Waals surface area contributed by atoms with Crippen LogP contribution < -0.4 is 10.9 Å². The Hall–Kier alpha value is -2.32. The van der Waals surface area contributed by atoms with Crippen LogP contribution in [0.4, 0.5) is 13.2 Å². The van der Waals surface area contributed by atoms with E-state index < -0.39 is 29.7 Å². The highest BCUT2D eigenvalue weighted by Gasteiger charge is 2.40. The van der Waals surface area contributed by atoms with E-state index in [0.29, 0.717) is 0 Å². The molecule has 104 valence electrons. The Balaban J connectivity index is 2.79. The maximum atomic E-state index is 12.0. The number of hydrogen-bond donors (Lipinski definition) is 3. The van der Waals surface area contributed by atoms with E-state index in [1.54, 1.807) is 0 Å². The molecule has 1 aromatic heterocycles. The zero-order chi connectivity index (χ0) is 14.6. The van der Waals surface area contributed by atoms with Crippen molar-refractivity contribution in [2.24, 2.45) is 0 Å². The molecule has 1 amide bonds. The van der Waals surface area contributed by atoms with E-state index in [9.17, 15) is 27.6 Å². The van der Waals surface area contributed by atoms with E-state index >= 15 is 0 Å². The molecule has 0 saturated carbocycles. The Morgan fingerprint density at radius 1 is 1.37 bits per heavy atom. The standard InChI is InChI=1S/C10H9F3N2O4/c11-10(12,13)9(19)15-6(8(17)18)3-5-1-2-7(16)14-4-5/h1-2,4,6H,3H2,(H,14,16)(H,15,19)(H,17,18). The summed E-state index contributed by atoms with van der Waals surface area (Å²) in [6.07, 6.45) is -4.37. The lowest BCUT2D eigenvalue weighted by Crippen LogP contribution is -2.47. The molecule has 0 radical (unpaired) electrons. The normalized spacial score (nSPS) is 12.8. The highest BCUT2D eigenvalue weighted by Crippen LogP contribution is 2.15. The molecular weight excluding hydrogens is 269 g/mol. The molecule has 1 atom stereocenters. The van der Waals surface area contributed by atoms with Crippen molar-refractivity contribution in [3.05, 3.63) is 34.2 Å². The summed E-state index contributed by atoms with van der Waals surface area (Å²) in [6, 6.07) is 0.619. The van der Waals surface area contributed by atoms with Gasteiger partial charge in [-0.3, -0.25) is 9.59 Å². The maximum absolute atomic E-state index is 12.0. The van der Waals surface area contributed by atoms with Gasteiger partial charge in [-0.1, -0.05) is 6.07 Å². The van der Waals surface area contributed by atoms with E-state index in [2.05, 4.69) is 4.98 Å². The number of alkyl halides is 3. The topological polar surface area (TPSA) is 99.3 Å². The molecule has 1 unspecified atom stereocenters. The van der Waals surface area contributed by atoms with Crippen molar-refractivity contribution in [3.63, 3.8) is 0 Å². The Labute approximate surface area is 104 Å². The van der Waals surface area contributed by atoms with Gasteiger partial charge < -0.3 is 15.4 Å². The molecule has 0 aliphatic carbocycles. The third kappa shape index (κ3) is 4.45. The monoisotopic (exact) mass is 278 g/mol. The first-order valence-corrected chi connectivity index (χ1v) is 4.98. The number of H-pyrrole nitrogens is 1. The van der Waals surface area contributed by atoms with Crippen LogP contribution in [0.5, 0.6) is 0 Å². The van der Waals surface area contributed by atoms with Crippen LogP contribution in [0.3, 0.4) is 0 Å². The summed E-state index contributed by atoms with van der Waals surface area (Å²) in [5, 5.41) is 10.1. The molecule has 1 rings (SSSR count). The summed E-state index contributed by atoms with van der Waals surface area (Å²) >= 11 is 0. The molecule has 9 heteroatoms. The highest BCUT2D eigenvalue weighted by molar-refractivity contribution is 5.87. The summed E-state index contributed by atoms with van der Waals surface area (Å²) in [5.41, 5.74) is -0.163. The molecule has 0 aromatic carbocycles. The van der Waals surface area contributed by atoms with Crippen LogP contribution in [0.15, 0.2) is 23.1 Å². The van der Waals surface area contributed by atoms with Gasteiger partial charge in [-0.25, -0.2) is 4.79 Å². The lowest BCUT2D eigenvalue weighted by molar-refractivity contribution is -0.175. The van der Waals surface area contributed by atoms with Crippen LogP contribution >= 0.6 is 0 Å². The number of carbonyl (C=O) groups excluding carboxylic acids is 1. The molecule has 3 N–H and O–H groups in total. The summed E-state index contributed by atoms with van der Waals surface area (Å²) in [7, 11) is 0. The van der Waals surface area contributed by atoms with E-state index in [1.165, 1.54) is 11.4 Å². The van der Waals surface area contributed by atoms with E-state index in [1.807, 2.05) is 0 Å². The molecule has 0 saturated heterocycles. The molecule has 0 aliphatic heterocycles. The van der Waals surface area contributed by atoms with Gasteiger partial charge in [0.1, 0.15) is 6.04 Å². The number of carboxylic acids is 1. The number of nitrogens with one attached hydrogen (secondary N) is 2. The van der Waals surface area contributed by atoms with Crippen molar-refractivity contribution in [1.29, 1.82) is 0 Å². The van der Waals surface area contributed by atoms with Gasteiger partial charge in [-0.05, 0) is 5.56 Å². The van der Waals surface area contributed by atoms with Crippen molar-refractivity contribution in [2.75, 3.05) is 0 Å². The minimum Gasteiger partial charge on any atom is -0.480 e. The molecule has 19 heavy (non-hydrogen) atoms. The summed E-state index contributed by atoms with van der Waals surface area (Å²) in [6.45, 7) is 0. The van der Waals surface area contributed by atoms with E-state index in [0.717, 1.165) is 12.3 Å². The van der Waals surface area contributed by atoms with Crippen molar-refractivity contribution in [1.82, 2.24) is 10.3 Å². The largest absolute Gasteiger partial charge is 0.480 e. The number of carbonyl (C=O) groups is 2. The maximum Gasteiger partial charge on any atom is 0.471 e. The molecular formula is C10H9F3N2O4. The van der Waals surface area contributed by atoms with Crippen molar-refractivity contribution >= 4 is 11.9 Å². The van der Waals surface area contributed by atoms with Gasteiger partial charge in [-0.2, -0.15) is 13.2 Å². The number of aromatic nitrogens is 1. The molecule has 0 spiro atoms. The third-order valence-electron chi connectivity index (χ3n) is 2.15. The predicted molar refractivity (Wildman–Crippen MR) is 56.4 cm³/mol. The molecule has 6 nitrogen and oxygen atoms in total. The number of rotatable bonds is 4. The predicted octanol–water partition coefficient (Wildman–Crippen LogP) is 0.0491. The smallest absolute Gasteiger partial charge is 0.471 e. The lowest BCUT2D eigenvalue weighted by Gasteiger charge is -2.15. The molecule has 0 bridgehead atoms. The Kier molecular flexibility index (Phi) is 4.30. The molecule has 1 heterocycles. The fourth-order valence-electron chi connectivity index (χ4n) is 1.25.